The Balaban J connectivity index is 1.71. The molecule has 8 nitrogen and oxygen atoms in total. The number of hydrogen-bond acceptors (Lipinski definition) is 6. The molecule has 0 fully saturated rings. The monoisotopic (exact) mass is 309 g/mol. The molecule has 116 valence electrons. The number of aryl methyl sites for hydroxylation is 1. The van der Waals surface area contributed by atoms with Gasteiger partial charge in [0.2, 0.25) is 0 Å². The SMILES string of the molecule is Cc1cnc(C(=O)N[C@@H](C)c2nc(-c3ccncc3)n[nH]2)cn1. The summed E-state index contributed by atoms with van der Waals surface area (Å²) in [6.07, 6.45) is 6.34. The molecule has 3 aromatic rings. The third kappa shape index (κ3) is 3.37. The quantitative estimate of drug-likeness (QED) is 0.755. The van der Waals surface area contributed by atoms with Gasteiger partial charge < -0.3 is 5.32 Å². The number of nitrogens with one attached hydrogen (secondary N) is 2. The van der Waals surface area contributed by atoms with Crippen molar-refractivity contribution < 1.29 is 4.79 Å². The molecule has 0 unspecified atom stereocenters. The van der Waals surface area contributed by atoms with Crippen LogP contribution >= 0.6 is 0 Å². The molecule has 0 aromatic carbocycles. The largest absolute Gasteiger partial charge is 0.341 e. The number of carbonyl (C=O) groups excluding carboxylic acids is 1. The first-order valence-corrected chi connectivity index (χ1v) is 7.05. The highest BCUT2D eigenvalue weighted by atomic mass is 16.1. The number of carbonyl (C=O) groups is 1. The summed E-state index contributed by atoms with van der Waals surface area (Å²) in [4.78, 5) is 28.6. The van der Waals surface area contributed by atoms with Crippen LogP contribution in [-0.4, -0.2) is 36.0 Å². The molecule has 0 aliphatic heterocycles. The number of H-pyrrole nitrogens is 1. The molecule has 8 heteroatoms. The minimum absolute atomic E-state index is 0.260. The zero-order valence-corrected chi connectivity index (χ0v) is 12.7. The van der Waals surface area contributed by atoms with Crippen LogP contribution in [0.3, 0.4) is 0 Å². The van der Waals surface area contributed by atoms with Gasteiger partial charge in [-0.1, -0.05) is 0 Å². The van der Waals surface area contributed by atoms with Crippen LogP contribution in [0.1, 0.15) is 35.0 Å². The van der Waals surface area contributed by atoms with Crippen LogP contribution < -0.4 is 5.32 Å². The van der Waals surface area contributed by atoms with Crippen molar-refractivity contribution >= 4 is 5.91 Å². The van der Waals surface area contributed by atoms with Gasteiger partial charge in [-0.25, -0.2) is 9.97 Å². The molecule has 0 bridgehead atoms. The Kier molecular flexibility index (Phi) is 4.05. The highest BCUT2D eigenvalue weighted by Crippen LogP contribution is 2.15. The highest BCUT2D eigenvalue weighted by Gasteiger charge is 2.16. The van der Waals surface area contributed by atoms with Crippen molar-refractivity contribution in [2.45, 2.75) is 19.9 Å². The summed E-state index contributed by atoms with van der Waals surface area (Å²) in [6, 6.07) is 3.30. The molecule has 0 saturated heterocycles. The van der Waals surface area contributed by atoms with Crippen LogP contribution in [0.5, 0.6) is 0 Å². The van der Waals surface area contributed by atoms with Crippen molar-refractivity contribution in [1.29, 1.82) is 0 Å². The number of aromatic nitrogens is 6. The van der Waals surface area contributed by atoms with E-state index in [4.69, 9.17) is 0 Å². The Labute approximate surface area is 132 Å². The minimum Gasteiger partial charge on any atom is -0.341 e. The van der Waals surface area contributed by atoms with Crippen molar-refractivity contribution in [2.75, 3.05) is 0 Å². The summed E-state index contributed by atoms with van der Waals surface area (Å²) >= 11 is 0. The van der Waals surface area contributed by atoms with E-state index in [-0.39, 0.29) is 17.6 Å². The van der Waals surface area contributed by atoms with Gasteiger partial charge in [-0.2, -0.15) is 5.10 Å². The number of amides is 1. The van der Waals surface area contributed by atoms with Crippen molar-refractivity contribution in [1.82, 2.24) is 35.5 Å². The molecule has 0 aliphatic carbocycles. The molecule has 2 N–H and O–H groups in total. The van der Waals surface area contributed by atoms with Crippen molar-refractivity contribution in [2.24, 2.45) is 0 Å². The second-order valence-corrected chi connectivity index (χ2v) is 5.02. The van der Waals surface area contributed by atoms with E-state index < -0.39 is 0 Å². The van der Waals surface area contributed by atoms with Gasteiger partial charge in [0.25, 0.3) is 5.91 Å². The number of hydrogen-bond donors (Lipinski definition) is 2. The molecule has 0 saturated carbocycles. The molecule has 3 aromatic heterocycles. The van der Waals surface area contributed by atoms with E-state index >= 15 is 0 Å². The van der Waals surface area contributed by atoms with E-state index in [9.17, 15) is 4.79 Å². The van der Waals surface area contributed by atoms with Crippen LogP contribution in [0.4, 0.5) is 0 Å². The van der Waals surface area contributed by atoms with Gasteiger partial charge in [-0.3, -0.25) is 19.9 Å². The number of pyridine rings is 1. The molecule has 0 spiro atoms. The standard InChI is InChI=1S/C15H15N7O/c1-9-7-18-12(8-17-9)15(23)19-10(2)13-20-14(22-21-13)11-3-5-16-6-4-11/h3-8,10H,1-2H3,(H,19,23)(H,20,21,22)/t10-/m0/s1. The number of nitrogens with zero attached hydrogens (tertiary/aromatic N) is 5. The van der Waals surface area contributed by atoms with Gasteiger partial charge >= 0.3 is 0 Å². The summed E-state index contributed by atoms with van der Waals surface area (Å²) in [7, 11) is 0. The number of aromatic amines is 1. The smallest absolute Gasteiger partial charge is 0.272 e. The van der Waals surface area contributed by atoms with Gasteiger partial charge in [0, 0.05) is 24.2 Å². The van der Waals surface area contributed by atoms with E-state index in [1.807, 2.05) is 26.0 Å². The molecular weight excluding hydrogens is 294 g/mol. The topological polar surface area (TPSA) is 109 Å². The lowest BCUT2D eigenvalue weighted by atomic mass is 10.2. The molecule has 3 heterocycles. The molecule has 23 heavy (non-hydrogen) atoms. The van der Waals surface area contributed by atoms with E-state index in [0.29, 0.717) is 11.6 Å². The summed E-state index contributed by atoms with van der Waals surface area (Å²) in [5, 5.41) is 9.80. The normalized spacial score (nSPS) is 11.9. The fourth-order valence-corrected chi connectivity index (χ4v) is 1.95. The van der Waals surface area contributed by atoms with Crippen molar-refractivity contribution in [3.8, 4) is 11.4 Å². The van der Waals surface area contributed by atoms with Crippen molar-refractivity contribution in [3.63, 3.8) is 0 Å². The lowest BCUT2D eigenvalue weighted by Crippen LogP contribution is -2.28. The predicted molar refractivity (Wildman–Crippen MR) is 82.3 cm³/mol. The molecule has 0 aliphatic rings. The number of rotatable bonds is 4. The lowest BCUT2D eigenvalue weighted by Gasteiger charge is -2.10. The average molecular weight is 309 g/mol. The van der Waals surface area contributed by atoms with Crippen LogP contribution in [0.25, 0.3) is 11.4 Å². The fourth-order valence-electron chi connectivity index (χ4n) is 1.95. The van der Waals surface area contributed by atoms with Crippen LogP contribution in [0.15, 0.2) is 36.9 Å². The first-order valence-electron chi connectivity index (χ1n) is 7.05. The molecular formula is C15H15N7O. The maximum absolute atomic E-state index is 12.1. The van der Waals surface area contributed by atoms with Gasteiger partial charge in [0.05, 0.1) is 17.9 Å². The van der Waals surface area contributed by atoms with Gasteiger partial charge in [0.1, 0.15) is 11.5 Å². The molecule has 3 rings (SSSR count). The maximum Gasteiger partial charge on any atom is 0.272 e. The average Bonchev–Trinajstić information content (AvgIpc) is 3.06. The van der Waals surface area contributed by atoms with Crippen LogP contribution in [-0.2, 0) is 0 Å². The molecule has 0 radical (unpaired) electrons. The van der Waals surface area contributed by atoms with E-state index in [1.165, 1.54) is 6.20 Å². The predicted octanol–water partition coefficient (Wildman–Crippen LogP) is 1.46. The third-order valence-electron chi connectivity index (χ3n) is 3.21. The molecule has 1 atom stereocenters. The van der Waals surface area contributed by atoms with Gasteiger partial charge in [0.15, 0.2) is 5.82 Å². The van der Waals surface area contributed by atoms with Crippen molar-refractivity contribution in [3.05, 3.63) is 54.1 Å². The Bertz CT molecular complexity index is 798. The highest BCUT2D eigenvalue weighted by molar-refractivity contribution is 5.92. The Morgan fingerprint density at radius 3 is 2.70 bits per heavy atom. The fraction of sp³-hybridized carbons (Fsp3) is 0.200. The Hall–Kier alpha value is -3.16. The van der Waals surface area contributed by atoms with E-state index in [1.54, 1.807) is 18.6 Å². The maximum atomic E-state index is 12.1. The second kappa shape index (κ2) is 6.30. The van der Waals surface area contributed by atoms with E-state index in [2.05, 4.69) is 35.5 Å². The third-order valence-corrected chi connectivity index (χ3v) is 3.21. The van der Waals surface area contributed by atoms with Crippen LogP contribution in [0.2, 0.25) is 0 Å². The minimum atomic E-state index is -0.339. The van der Waals surface area contributed by atoms with Gasteiger partial charge in [-0.05, 0) is 26.0 Å². The lowest BCUT2D eigenvalue weighted by molar-refractivity contribution is 0.0933. The zero-order chi connectivity index (χ0) is 16.2. The first-order chi connectivity index (χ1) is 11.1. The Morgan fingerprint density at radius 2 is 2.00 bits per heavy atom. The summed E-state index contributed by atoms with van der Waals surface area (Å²) in [5.74, 6) is 0.802. The summed E-state index contributed by atoms with van der Waals surface area (Å²) in [5.41, 5.74) is 1.87. The molecule has 1 amide bonds. The first kappa shape index (κ1) is 14.8. The van der Waals surface area contributed by atoms with Crippen LogP contribution in [0, 0.1) is 6.92 Å². The Morgan fingerprint density at radius 1 is 1.22 bits per heavy atom. The zero-order valence-electron chi connectivity index (χ0n) is 12.7. The summed E-state index contributed by atoms with van der Waals surface area (Å²) < 4.78 is 0. The second-order valence-electron chi connectivity index (χ2n) is 5.02. The van der Waals surface area contributed by atoms with Gasteiger partial charge in [-0.15, -0.1) is 0 Å². The summed E-state index contributed by atoms with van der Waals surface area (Å²) in [6.45, 7) is 3.63. The van der Waals surface area contributed by atoms with E-state index in [0.717, 1.165) is 11.3 Å².